The van der Waals surface area contributed by atoms with Gasteiger partial charge in [0.05, 0.1) is 12.3 Å². The lowest BCUT2D eigenvalue weighted by Crippen LogP contribution is -2.39. The van der Waals surface area contributed by atoms with Crippen molar-refractivity contribution < 1.29 is 4.42 Å². The number of hydrogen-bond donors (Lipinski definition) is 2. The summed E-state index contributed by atoms with van der Waals surface area (Å²) in [6.07, 6.45) is 4.21. The van der Waals surface area contributed by atoms with Crippen LogP contribution < -0.4 is 11.1 Å². The van der Waals surface area contributed by atoms with Gasteiger partial charge >= 0.3 is 0 Å². The topological polar surface area (TPSA) is 66.8 Å². The number of nitrogens with zero attached hydrogens (tertiary/aromatic N) is 2. The van der Waals surface area contributed by atoms with Gasteiger partial charge in [-0.2, -0.15) is 0 Å². The van der Waals surface area contributed by atoms with E-state index in [1.54, 1.807) is 17.6 Å². The van der Waals surface area contributed by atoms with E-state index in [0.29, 0.717) is 18.5 Å². The van der Waals surface area contributed by atoms with Gasteiger partial charge < -0.3 is 15.5 Å². The molecule has 0 saturated carbocycles. The SMILES string of the molecule is NC(=NCc1ccco1)NCC(c1cccs1)N1CCCC1. The van der Waals surface area contributed by atoms with E-state index in [2.05, 4.69) is 32.7 Å². The lowest BCUT2D eigenvalue weighted by atomic mass is 10.2. The van der Waals surface area contributed by atoms with E-state index in [1.807, 2.05) is 12.1 Å². The van der Waals surface area contributed by atoms with Gasteiger partial charge in [0.15, 0.2) is 5.96 Å². The standard InChI is InChI=1S/C16H22N4OS/c17-16(18-11-13-5-3-9-21-13)19-12-14(15-6-4-10-22-15)20-7-1-2-8-20/h3-6,9-10,14H,1-2,7-8,11-12H2,(H3,17,18,19). The average molecular weight is 318 g/mol. The fourth-order valence-corrected chi connectivity index (χ4v) is 3.63. The first-order chi connectivity index (χ1) is 10.8. The Morgan fingerprint density at radius 2 is 2.23 bits per heavy atom. The Morgan fingerprint density at radius 1 is 1.36 bits per heavy atom. The van der Waals surface area contributed by atoms with Crippen molar-refractivity contribution in [2.45, 2.75) is 25.4 Å². The Kier molecular flexibility index (Phi) is 5.13. The van der Waals surface area contributed by atoms with Crippen LogP contribution in [0.5, 0.6) is 0 Å². The molecular formula is C16H22N4OS. The monoisotopic (exact) mass is 318 g/mol. The Bertz CT molecular complexity index is 573. The van der Waals surface area contributed by atoms with Crippen molar-refractivity contribution in [1.29, 1.82) is 0 Å². The Labute approximate surface area is 134 Å². The van der Waals surface area contributed by atoms with Gasteiger partial charge in [-0.25, -0.2) is 4.99 Å². The second kappa shape index (κ2) is 7.47. The maximum Gasteiger partial charge on any atom is 0.189 e. The highest BCUT2D eigenvalue weighted by atomic mass is 32.1. The summed E-state index contributed by atoms with van der Waals surface area (Å²) < 4.78 is 5.25. The number of nitrogens with two attached hydrogens (primary N) is 1. The van der Waals surface area contributed by atoms with Crippen molar-refractivity contribution in [1.82, 2.24) is 10.2 Å². The molecule has 5 nitrogen and oxygen atoms in total. The Morgan fingerprint density at radius 3 is 2.91 bits per heavy atom. The highest BCUT2D eigenvalue weighted by Crippen LogP contribution is 2.27. The van der Waals surface area contributed by atoms with E-state index < -0.39 is 0 Å². The van der Waals surface area contributed by atoms with E-state index in [9.17, 15) is 0 Å². The lowest BCUT2D eigenvalue weighted by molar-refractivity contribution is 0.249. The van der Waals surface area contributed by atoms with E-state index >= 15 is 0 Å². The third-order valence-corrected chi connectivity index (χ3v) is 4.89. The molecule has 1 atom stereocenters. The predicted molar refractivity (Wildman–Crippen MR) is 89.9 cm³/mol. The minimum absolute atomic E-state index is 0.375. The van der Waals surface area contributed by atoms with Crippen LogP contribution >= 0.6 is 11.3 Å². The largest absolute Gasteiger partial charge is 0.467 e. The second-order valence-corrected chi connectivity index (χ2v) is 6.42. The second-order valence-electron chi connectivity index (χ2n) is 5.44. The summed E-state index contributed by atoms with van der Waals surface area (Å²) in [5.41, 5.74) is 5.97. The van der Waals surface area contributed by atoms with Crippen LogP contribution in [0.25, 0.3) is 0 Å². The molecule has 0 amide bonds. The third kappa shape index (κ3) is 3.90. The molecule has 2 aromatic rings. The van der Waals surface area contributed by atoms with Crippen LogP contribution in [0.4, 0.5) is 0 Å². The molecule has 2 aromatic heterocycles. The lowest BCUT2D eigenvalue weighted by Gasteiger charge is -2.27. The molecule has 1 fully saturated rings. The van der Waals surface area contributed by atoms with Crippen molar-refractivity contribution >= 4 is 17.3 Å². The molecular weight excluding hydrogens is 296 g/mol. The Hall–Kier alpha value is -1.79. The molecule has 1 unspecified atom stereocenters. The van der Waals surface area contributed by atoms with Crippen LogP contribution in [0, 0.1) is 0 Å². The highest BCUT2D eigenvalue weighted by Gasteiger charge is 2.24. The van der Waals surface area contributed by atoms with Crippen molar-refractivity contribution in [3.8, 4) is 0 Å². The fourth-order valence-electron chi connectivity index (χ4n) is 2.77. The molecule has 3 rings (SSSR count). The average Bonchev–Trinajstić information content (AvgIpc) is 3.27. The molecule has 3 heterocycles. The molecule has 0 radical (unpaired) electrons. The summed E-state index contributed by atoms with van der Waals surface area (Å²) >= 11 is 1.80. The molecule has 118 valence electrons. The normalized spacial score (nSPS) is 17.7. The molecule has 0 aliphatic carbocycles. The maximum absolute atomic E-state index is 5.97. The minimum atomic E-state index is 0.375. The van der Waals surface area contributed by atoms with Crippen LogP contribution in [0.1, 0.15) is 29.5 Å². The number of furan rings is 1. The highest BCUT2D eigenvalue weighted by molar-refractivity contribution is 7.10. The van der Waals surface area contributed by atoms with Crippen molar-refractivity contribution in [3.63, 3.8) is 0 Å². The van der Waals surface area contributed by atoms with Crippen molar-refractivity contribution in [2.24, 2.45) is 10.7 Å². The van der Waals surface area contributed by atoms with Crippen molar-refractivity contribution in [2.75, 3.05) is 19.6 Å². The van der Waals surface area contributed by atoms with E-state index in [0.717, 1.165) is 25.4 Å². The first kappa shape index (κ1) is 15.1. The zero-order chi connectivity index (χ0) is 15.2. The molecule has 1 aliphatic heterocycles. The van der Waals surface area contributed by atoms with Gasteiger partial charge in [0.25, 0.3) is 0 Å². The van der Waals surface area contributed by atoms with Crippen LogP contribution in [-0.4, -0.2) is 30.5 Å². The van der Waals surface area contributed by atoms with Crippen molar-refractivity contribution in [3.05, 3.63) is 46.5 Å². The van der Waals surface area contributed by atoms with E-state index in [4.69, 9.17) is 10.2 Å². The number of aliphatic imine (C=N–C) groups is 1. The zero-order valence-electron chi connectivity index (χ0n) is 12.6. The number of likely N-dealkylation sites (tertiary alicyclic amines) is 1. The first-order valence-corrected chi connectivity index (χ1v) is 8.54. The van der Waals surface area contributed by atoms with Crippen LogP contribution in [0.2, 0.25) is 0 Å². The molecule has 6 heteroatoms. The summed E-state index contributed by atoms with van der Waals surface area (Å²) in [4.78, 5) is 8.23. The first-order valence-electron chi connectivity index (χ1n) is 7.66. The van der Waals surface area contributed by atoms with Gasteiger partial charge in [0, 0.05) is 11.4 Å². The van der Waals surface area contributed by atoms with Gasteiger partial charge in [-0.05, 0) is 49.5 Å². The van der Waals surface area contributed by atoms with E-state index in [1.165, 1.54) is 17.7 Å². The fraction of sp³-hybridized carbons (Fsp3) is 0.438. The molecule has 22 heavy (non-hydrogen) atoms. The molecule has 1 saturated heterocycles. The summed E-state index contributed by atoms with van der Waals surface area (Å²) in [6, 6.07) is 8.44. The van der Waals surface area contributed by atoms with Crippen LogP contribution in [-0.2, 0) is 6.54 Å². The molecule has 0 bridgehead atoms. The number of thiophene rings is 1. The molecule has 1 aliphatic rings. The summed E-state index contributed by atoms with van der Waals surface area (Å²) in [7, 11) is 0. The summed E-state index contributed by atoms with van der Waals surface area (Å²) in [5.74, 6) is 1.29. The number of nitrogens with one attached hydrogen (secondary N) is 1. The number of rotatable bonds is 6. The van der Waals surface area contributed by atoms with Crippen LogP contribution in [0.15, 0.2) is 45.3 Å². The van der Waals surface area contributed by atoms with Gasteiger partial charge in [0.2, 0.25) is 0 Å². The van der Waals surface area contributed by atoms with Gasteiger partial charge in [-0.15, -0.1) is 11.3 Å². The Balaban J connectivity index is 1.57. The van der Waals surface area contributed by atoms with Gasteiger partial charge in [-0.3, -0.25) is 4.90 Å². The van der Waals surface area contributed by atoms with Gasteiger partial charge in [-0.1, -0.05) is 6.07 Å². The van der Waals surface area contributed by atoms with Gasteiger partial charge in [0.1, 0.15) is 12.3 Å². The smallest absolute Gasteiger partial charge is 0.189 e. The quantitative estimate of drug-likeness (QED) is 0.634. The zero-order valence-corrected chi connectivity index (χ0v) is 13.4. The maximum atomic E-state index is 5.97. The molecule has 3 N–H and O–H groups in total. The van der Waals surface area contributed by atoms with Crippen LogP contribution in [0.3, 0.4) is 0 Å². The molecule has 0 aromatic carbocycles. The number of hydrogen-bond acceptors (Lipinski definition) is 4. The minimum Gasteiger partial charge on any atom is -0.467 e. The summed E-state index contributed by atoms with van der Waals surface area (Å²) in [5, 5.41) is 5.39. The number of guanidine groups is 1. The van der Waals surface area contributed by atoms with E-state index in [-0.39, 0.29) is 0 Å². The third-order valence-electron chi connectivity index (χ3n) is 3.91. The summed E-state index contributed by atoms with van der Waals surface area (Å²) in [6.45, 7) is 3.58. The molecule has 0 spiro atoms. The predicted octanol–water partition coefficient (Wildman–Crippen LogP) is 2.58.